The van der Waals surface area contributed by atoms with Crippen molar-refractivity contribution in [2.45, 2.75) is 6.92 Å². The smallest absolute Gasteiger partial charge is 0.280 e. The largest absolute Gasteiger partial charge is 0.342 e. The SMILES string of the molecule is Cc1ccc(C(=O)NCC(=O)NN2C(=O)c3ccccc3C2=O)s1. The van der Waals surface area contributed by atoms with Gasteiger partial charge in [0.15, 0.2) is 0 Å². The summed E-state index contributed by atoms with van der Waals surface area (Å²) in [5.74, 6) is -2.23. The zero-order chi connectivity index (χ0) is 17.3. The first-order valence-corrected chi connectivity index (χ1v) is 7.91. The van der Waals surface area contributed by atoms with Crippen molar-refractivity contribution in [2.75, 3.05) is 6.54 Å². The quantitative estimate of drug-likeness (QED) is 0.813. The van der Waals surface area contributed by atoms with Crippen molar-refractivity contribution in [1.29, 1.82) is 0 Å². The van der Waals surface area contributed by atoms with Crippen molar-refractivity contribution in [3.63, 3.8) is 0 Å². The van der Waals surface area contributed by atoms with Gasteiger partial charge in [0, 0.05) is 4.88 Å². The van der Waals surface area contributed by atoms with E-state index in [4.69, 9.17) is 0 Å². The van der Waals surface area contributed by atoms with Crippen LogP contribution in [0.5, 0.6) is 0 Å². The standard InChI is InChI=1S/C16H13N3O4S/c1-9-6-7-12(24-9)14(21)17-8-13(20)18-19-15(22)10-4-2-3-5-11(10)16(19)23/h2-7H,8H2,1H3,(H,17,21)(H,18,20). The number of thiophene rings is 1. The minimum absolute atomic E-state index is 0.237. The summed E-state index contributed by atoms with van der Waals surface area (Å²) in [5, 5.41) is 3.11. The predicted octanol–water partition coefficient (Wildman–Crippen LogP) is 1.11. The van der Waals surface area contributed by atoms with Crippen LogP contribution < -0.4 is 10.7 Å². The van der Waals surface area contributed by atoms with Crippen LogP contribution in [-0.4, -0.2) is 35.2 Å². The molecule has 0 saturated carbocycles. The average Bonchev–Trinajstić information content (AvgIpc) is 3.11. The number of imide groups is 1. The summed E-state index contributed by atoms with van der Waals surface area (Å²) >= 11 is 1.31. The molecule has 0 aliphatic carbocycles. The van der Waals surface area contributed by atoms with Crippen LogP contribution in [0.3, 0.4) is 0 Å². The molecule has 8 heteroatoms. The Bertz CT molecular complexity index is 824. The van der Waals surface area contributed by atoms with E-state index in [-0.39, 0.29) is 23.6 Å². The van der Waals surface area contributed by atoms with E-state index < -0.39 is 17.7 Å². The summed E-state index contributed by atoms with van der Waals surface area (Å²) in [7, 11) is 0. The van der Waals surface area contributed by atoms with Crippen LogP contribution in [0.2, 0.25) is 0 Å². The number of hydrogen-bond acceptors (Lipinski definition) is 5. The molecular weight excluding hydrogens is 330 g/mol. The van der Waals surface area contributed by atoms with Gasteiger partial charge in [0.25, 0.3) is 23.6 Å². The molecule has 3 rings (SSSR count). The number of fused-ring (bicyclic) bond motifs is 1. The second-order valence-electron chi connectivity index (χ2n) is 5.12. The summed E-state index contributed by atoms with van der Waals surface area (Å²) in [6.07, 6.45) is 0. The third-order valence-electron chi connectivity index (χ3n) is 3.40. The molecule has 1 aliphatic rings. The van der Waals surface area contributed by atoms with Crippen LogP contribution in [0, 0.1) is 6.92 Å². The molecule has 0 unspecified atom stereocenters. The van der Waals surface area contributed by atoms with E-state index in [9.17, 15) is 19.2 Å². The highest BCUT2D eigenvalue weighted by molar-refractivity contribution is 7.13. The second kappa shape index (κ2) is 6.25. The van der Waals surface area contributed by atoms with Crippen molar-refractivity contribution >= 4 is 35.0 Å². The van der Waals surface area contributed by atoms with E-state index in [2.05, 4.69) is 10.7 Å². The third-order valence-corrected chi connectivity index (χ3v) is 4.40. The molecule has 122 valence electrons. The van der Waals surface area contributed by atoms with Crippen molar-refractivity contribution in [1.82, 2.24) is 15.8 Å². The Morgan fingerprint density at radius 3 is 2.21 bits per heavy atom. The van der Waals surface area contributed by atoms with E-state index in [0.717, 1.165) is 4.88 Å². The molecule has 1 aromatic heterocycles. The highest BCUT2D eigenvalue weighted by Gasteiger charge is 2.36. The Morgan fingerprint density at radius 1 is 1.04 bits per heavy atom. The first kappa shape index (κ1) is 15.9. The van der Waals surface area contributed by atoms with Gasteiger partial charge in [-0.15, -0.1) is 11.3 Å². The summed E-state index contributed by atoms with van der Waals surface area (Å²) in [6.45, 7) is 1.53. The lowest BCUT2D eigenvalue weighted by Gasteiger charge is -2.15. The molecule has 0 saturated heterocycles. The zero-order valence-electron chi connectivity index (χ0n) is 12.7. The second-order valence-corrected chi connectivity index (χ2v) is 6.41. The molecule has 1 aromatic carbocycles. The molecule has 0 atom stereocenters. The maximum absolute atomic E-state index is 12.1. The fraction of sp³-hybridized carbons (Fsp3) is 0.125. The van der Waals surface area contributed by atoms with E-state index in [1.54, 1.807) is 24.3 Å². The van der Waals surface area contributed by atoms with E-state index in [1.807, 2.05) is 6.92 Å². The molecule has 1 aliphatic heterocycles. The predicted molar refractivity (Wildman–Crippen MR) is 86.5 cm³/mol. The van der Waals surface area contributed by atoms with Crippen LogP contribution in [0.15, 0.2) is 36.4 Å². The molecule has 0 radical (unpaired) electrons. The molecule has 24 heavy (non-hydrogen) atoms. The van der Waals surface area contributed by atoms with Gasteiger partial charge in [0.1, 0.15) is 0 Å². The maximum atomic E-state index is 12.1. The van der Waals surface area contributed by atoms with E-state index >= 15 is 0 Å². The first-order chi connectivity index (χ1) is 11.5. The van der Waals surface area contributed by atoms with Crippen molar-refractivity contribution in [2.24, 2.45) is 0 Å². The minimum atomic E-state index is -0.661. The van der Waals surface area contributed by atoms with Crippen LogP contribution in [0.4, 0.5) is 0 Å². The fourth-order valence-corrected chi connectivity index (χ4v) is 3.04. The molecule has 0 fully saturated rings. The molecule has 0 bridgehead atoms. The van der Waals surface area contributed by atoms with Crippen LogP contribution >= 0.6 is 11.3 Å². The number of benzene rings is 1. The Hall–Kier alpha value is -3.00. The number of carbonyl (C=O) groups is 4. The maximum Gasteiger partial charge on any atom is 0.280 e. The van der Waals surface area contributed by atoms with Gasteiger partial charge in [0.2, 0.25) is 0 Å². The highest BCUT2D eigenvalue weighted by atomic mass is 32.1. The summed E-state index contributed by atoms with van der Waals surface area (Å²) in [6, 6.07) is 9.78. The minimum Gasteiger partial charge on any atom is -0.342 e. The van der Waals surface area contributed by atoms with Gasteiger partial charge in [0.05, 0.1) is 22.5 Å². The molecule has 2 aromatic rings. The first-order valence-electron chi connectivity index (χ1n) is 7.09. The lowest BCUT2D eigenvalue weighted by atomic mass is 10.1. The number of carbonyl (C=O) groups excluding carboxylic acids is 4. The molecule has 2 N–H and O–H groups in total. The van der Waals surface area contributed by atoms with Gasteiger partial charge in [-0.1, -0.05) is 12.1 Å². The monoisotopic (exact) mass is 343 g/mol. The molecule has 7 nitrogen and oxygen atoms in total. The fourth-order valence-electron chi connectivity index (χ4n) is 2.26. The number of amides is 4. The molecule has 2 heterocycles. The van der Waals surface area contributed by atoms with Crippen LogP contribution in [0.25, 0.3) is 0 Å². The number of hydrazine groups is 1. The summed E-state index contributed by atoms with van der Waals surface area (Å²) in [5.41, 5.74) is 2.70. The zero-order valence-corrected chi connectivity index (χ0v) is 13.5. The average molecular weight is 343 g/mol. The topological polar surface area (TPSA) is 95.6 Å². The number of nitrogens with one attached hydrogen (secondary N) is 2. The number of hydrogen-bond donors (Lipinski definition) is 2. The Kier molecular flexibility index (Phi) is 4.13. The lowest BCUT2D eigenvalue weighted by Crippen LogP contribution is -2.49. The van der Waals surface area contributed by atoms with Crippen LogP contribution in [0.1, 0.15) is 35.3 Å². The number of nitrogens with zero attached hydrogens (tertiary/aromatic N) is 1. The third kappa shape index (κ3) is 2.91. The van der Waals surface area contributed by atoms with Gasteiger partial charge in [-0.25, -0.2) is 0 Å². The number of rotatable bonds is 4. The van der Waals surface area contributed by atoms with Crippen molar-refractivity contribution in [3.05, 3.63) is 57.3 Å². The Morgan fingerprint density at radius 2 is 1.67 bits per heavy atom. The highest BCUT2D eigenvalue weighted by Crippen LogP contribution is 2.20. The Labute approximate surface area is 141 Å². The Balaban J connectivity index is 1.59. The molecule has 0 spiro atoms. The van der Waals surface area contributed by atoms with Crippen molar-refractivity contribution < 1.29 is 19.2 Å². The number of aryl methyl sites for hydroxylation is 1. The summed E-state index contributed by atoms with van der Waals surface area (Å²) < 4.78 is 0. The summed E-state index contributed by atoms with van der Waals surface area (Å²) in [4.78, 5) is 49.5. The van der Waals surface area contributed by atoms with Gasteiger partial charge < -0.3 is 5.32 Å². The molecular formula is C16H13N3O4S. The normalized spacial score (nSPS) is 13.0. The van der Waals surface area contributed by atoms with Gasteiger partial charge in [-0.3, -0.25) is 24.6 Å². The molecule has 4 amide bonds. The van der Waals surface area contributed by atoms with E-state index in [1.165, 1.54) is 23.5 Å². The lowest BCUT2D eigenvalue weighted by molar-refractivity contribution is -0.123. The van der Waals surface area contributed by atoms with Gasteiger partial charge in [-0.2, -0.15) is 5.01 Å². The van der Waals surface area contributed by atoms with Crippen LogP contribution in [-0.2, 0) is 4.79 Å². The van der Waals surface area contributed by atoms with E-state index in [0.29, 0.717) is 9.89 Å². The van der Waals surface area contributed by atoms with Gasteiger partial charge in [-0.05, 0) is 31.2 Å². The van der Waals surface area contributed by atoms with Crippen molar-refractivity contribution in [3.8, 4) is 0 Å². The van der Waals surface area contributed by atoms with Gasteiger partial charge >= 0.3 is 0 Å².